The predicted molar refractivity (Wildman–Crippen MR) is 73.7 cm³/mol. The molecular weight excluding hydrogens is 261 g/mol. The van der Waals surface area contributed by atoms with Crippen LogP contribution in [0.1, 0.15) is 26.3 Å². The van der Waals surface area contributed by atoms with E-state index in [9.17, 15) is 14.0 Å². The molecule has 1 aromatic rings. The normalized spacial score (nSPS) is 15.2. The van der Waals surface area contributed by atoms with Gasteiger partial charge in [0.25, 0.3) is 0 Å². The average molecular weight is 281 g/mol. The minimum atomic E-state index is -0.987. The molecule has 2 N–H and O–H groups in total. The van der Waals surface area contributed by atoms with Gasteiger partial charge < -0.3 is 10.4 Å². The van der Waals surface area contributed by atoms with Gasteiger partial charge in [-0.1, -0.05) is 26.0 Å². The molecule has 0 spiro atoms. The molecule has 4 nitrogen and oxygen atoms in total. The summed E-state index contributed by atoms with van der Waals surface area (Å²) in [5.41, 5.74) is 0.915. The lowest BCUT2D eigenvalue weighted by Crippen LogP contribution is -2.40. The Morgan fingerprint density at radius 1 is 1.15 bits per heavy atom. The van der Waals surface area contributed by atoms with E-state index in [1.807, 2.05) is 6.92 Å². The standard InChI is InChI=1S/C15H20FNO3/c1-9(8-12-4-6-13(16)7-5-12)17-14(18)10(2)11(3)15(19)20/h4-7,9-11H,8H2,1-3H3,(H,17,18)(H,19,20). The molecule has 0 aliphatic rings. The molecule has 0 radical (unpaired) electrons. The van der Waals surface area contributed by atoms with Gasteiger partial charge in [-0.2, -0.15) is 0 Å². The summed E-state index contributed by atoms with van der Waals surface area (Å²) in [6.45, 7) is 4.94. The van der Waals surface area contributed by atoms with Crippen molar-refractivity contribution in [1.29, 1.82) is 0 Å². The third-order valence-corrected chi connectivity index (χ3v) is 3.40. The zero-order chi connectivity index (χ0) is 15.3. The van der Waals surface area contributed by atoms with Crippen molar-refractivity contribution in [3.05, 3.63) is 35.6 Å². The summed E-state index contributed by atoms with van der Waals surface area (Å²) in [6.07, 6.45) is 0.570. The van der Waals surface area contributed by atoms with E-state index in [0.29, 0.717) is 6.42 Å². The van der Waals surface area contributed by atoms with E-state index in [0.717, 1.165) is 5.56 Å². The summed E-state index contributed by atoms with van der Waals surface area (Å²) < 4.78 is 12.8. The van der Waals surface area contributed by atoms with Gasteiger partial charge in [0.15, 0.2) is 0 Å². The SMILES string of the molecule is CC(Cc1ccc(F)cc1)NC(=O)C(C)C(C)C(=O)O. The molecule has 0 fully saturated rings. The van der Waals surface area contributed by atoms with Gasteiger partial charge in [0.05, 0.1) is 5.92 Å². The minimum Gasteiger partial charge on any atom is -0.481 e. The second-order valence-corrected chi connectivity index (χ2v) is 5.16. The molecule has 0 bridgehead atoms. The number of hydrogen-bond donors (Lipinski definition) is 2. The van der Waals surface area contributed by atoms with Crippen LogP contribution in [0.3, 0.4) is 0 Å². The summed E-state index contributed by atoms with van der Waals surface area (Å²) in [6, 6.07) is 5.94. The molecule has 0 aromatic heterocycles. The van der Waals surface area contributed by atoms with Crippen LogP contribution in [0.2, 0.25) is 0 Å². The van der Waals surface area contributed by atoms with Gasteiger partial charge in [0, 0.05) is 12.0 Å². The van der Waals surface area contributed by atoms with Crippen LogP contribution in [0.25, 0.3) is 0 Å². The van der Waals surface area contributed by atoms with Crippen molar-refractivity contribution in [3.63, 3.8) is 0 Å². The highest BCUT2D eigenvalue weighted by Gasteiger charge is 2.26. The molecule has 0 saturated carbocycles. The monoisotopic (exact) mass is 281 g/mol. The molecule has 20 heavy (non-hydrogen) atoms. The third-order valence-electron chi connectivity index (χ3n) is 3.40. The molecule has 0 aliphatic heterocycles. The fourth-order valence-corrected chi connectivity index (χ4v) is 1.84. The molecule has 0 heterocycles. The summed E-state index contributed by atoms with van der Waals surface area (Å²) in [5, 5.41) is 11.7. The molecule has 5 heteroatoms. The highest BCUT2D eigenvalue weighted by Crippen LogP contribution is 2.12. The van der Waals surface area contributed by atoms with Gasteiger partial charge in [-0.25, -0.2) is 4.39 Å². The van der Waals surface area contributed by atoms with Crippen molar-refractivity contribution >= 4 is 11.9 Å². The molecular formula is C15H20FNO3. The average Bonchev–Trinajstić information content (AvgIpc) is 2.39. The molecule has 3 atom stereocenters. The number of aliphatic carboxylic acids is 1. The lowest BCUT2D eigenvalue weighted by Gasteiger charge is -2.20. The number of carbonyl (C=O) groups excluding carboxylic acids is 1. The summed E-state index contributed by atoms with van der Waals surface area (Å²) in [5.74, 6) is -2.89. The van der Waals surface area contributed by atoms with E-state index in [4.69, 9.17) is 5.11 Å². The van der Waals surface area contributed by atoms with Crippen LogP contribution in [0.4, 0.5) is 4.39 Å². The van der Waals surface area contributed by atoms with Gasteiger partial charge in [-0.05, 0) is 31.0 Å². The molecule has 110 valence electrons. The molecule has 0 saturated heterocycles. The fraction of sp³-hybridized carbons (Fsp3) is 0.467. The number of carboxylic acids is 1. The molecule has 3 unspecified atom stereocenters. The van der Waals surface area contributed by atoms with Crippen LogP contribution in [0.15, 0.2) is 24.3 Å². The Kier molecular flexibility index (Phi) is 5.67. The highest BCUT2D eigenvalue weighted by molar-refractivity contribution is 5.84. The number of nitrogens with one attached hydrogen (secondary N) is 1. The Hall–Kier alpha value is -1.91. The van der Waals surface area contributed by atoms with E-state index < -0.39 is 17.8 Å². The summed E-state index contributed by atoms with van der Waals surface area (Å²) in [4.78, 5) is 22.7. The number of benzene rings is 1. The van der Waals surface area contributed by atoms with Gasteiger partial charge in [-0.3, -0.25) is 9.59 Å². The maximum atomic E-state index is 12.8. The first-order valence-corrected chi connectivity index (χ1v) is 6.59. The Balaban J connectivity index is 2.53. The molecule has 1 amide bonds. The Morgan fingerprint density at radius 2 is 1.70 bits per heavy atom. The van der Waals surface area contributed by atoms with E-state index in [2.05, 4.69) is 5.32 Å². The largest absolute Gasteiger partial charge is 0.481 e. The number of hydrogen-bond acceptors (Lipinski definition) is 2. The van der Waals surface area contributed by atoms with Crippen LogP contribution >= 0.6 is 0 Å². The topological polar surface area (TPSA) is 66.4 Å². The second kappa shape index (κ2) is 7.03. The third kappa shape index (κ3) is 4.64. The van der Waals surface area contributed by atoms with Crippen LogP contribution < -0.4 is 5.32 Å². The number of halogens is 1. The van der Waals surface area contributed by atoms with Crippen molar-refractivity contribution < 1.29 is 19.1 Å². The summed E-state index contributed by atoms with van der Waals surface area (Å²) >= 11 is 0. The number of amides is 1. The highest BCUT2D eigenvalue weighted by atomic mass is 19.1. The molecule has 0 aliphatic carbocycles. The quantitative estimate of drug-likeness (QED) is 0.840. The first-order chi connectivity index (χ1) is 9.31. The van der Waals surface area contributed by atoms with Crippen molar-refractivity contribution in [1.82, 2.24) is 5.32 Å². The first-order valence-electron chi connectivity index (χ1n) is 6.59. The van der Waals surface area contributed by atoms with Crippen molar-refractivity contribution in [2.45, 2.75) is 33.2 Å². The van der Waals surface area contributed by atoms with E-state index >= 15 is 0 Å². The van der Waals surface area contributed by atoms with Gasteiger partial charge in [0.1, 0.15) is 5.82 Å². The fourth-order valence-electron chi connectivity index (χ4n) is 1.84. The van der Waals surface area contributed by atoms with Crippen LogP contribution in [0, 0.1) is 17.7 Å². The lowest BCUT2D eigenvalue weighted by molar-refractivity contribution is -0.146. The maximum Gasteiger partial charge on any atom is 0.307 e. The zero-order valence-electron chi connectivity index (χ0n) is 11.9. The Bertz CT molecular complexity index is 473. The van der Waals surface area contributed by atoms with Gasteiger partial charge in [0.2, 0.25) is 5.91 Å². The van der Waals surface area contributed by atoms with E-state index in [1.54, 1.807) is 19.1 Å². The Morgan fingerprint density at radius 3 is 2.20 bits per heavy atom. The number of rotatable bonds is 6. The van der Waals surface area contributed by atoms with E-state index in [-0.39, 0.29) is 17.8 Å². The number of carbonyl (C=O) groups is 2. The second-order valence-electron chi connectivity index (χ2n) is 5.16. The number of carboxylic acid groups (broad SMARTS) is 1. The van der Waals surface area contributed by atoms with Crippen LogP contribution in [-0.4, -0.2) is 23.0 Å². The van der Waals surface area contributed by atoms with Gasteiger partial charge in [-0.15, -0.1) is 0 Å². The van der Waals surface area contributed by atoms with E-state index in [1.165, 1.54) is 19.1 Å². The van der Waals surface area contributed by atoms with Crippen molar-refractivity contribution in [2.75, 3.05) is 0 Å². The lowest BCUT2D eigenvalue weighted by atomic mass is 9.95. The van der Waals surface area contributed by atoms with Crippen LogP contribution in [-0.2, 0) is 16.0 Å². The Labute approximate surface area is 118 Å². The minimum absolute atomic E-state index is 0.142. The molecule has 1 aromatic carbocycles. The smallest absolute Gasteiger partial charge is 0.307 e. The van der Waals surface area contributed by atoms with Crippen LogP contribution in [0.5, 0.6) is 0 Å². The van der Waals surface area contributed by atoms with Crippen molar-refractivity contribution in [2.24, 2.45) is 11.8 Å². The molecule has 1 rings (SSSR count). The predicted octanol–water partition coefficient (Wildman–Crippen LogP) is 2.23. The maximum absolute atomic E-state index is 12.8. The van der Waals surface area contributed by atoms with Gasteiger partial charge >= 0.3 is 5.97 Å². The zero-order valence-corrected chi connectivity index (χ0v) is 11.9. The first kappa shape index (κ1) is 16.1. The summed E-state index contributed by atoms with van der Waals surface area (Å²) in [7, 11) is 0. The van der Waals surface area contributed by atoms with Crippen molar-refractivity contribution in [3.8, 4) is 0 Å².